The molecule has 4 atom stereocenters. The number of hydrogen-bond acceptors (Lipinski definition) is 8. The minimum Gasteiger partial charge on any atom is -0.481 e. The van der Waals surface area contributed by atoms with Gasteiger partial charge in [-0.25, -0.2) is 4.79 Å². The second-order valence-electron chi connectivity index (χ2n) is 11.7. The molecule has 1 aliphatic heterocycles. The van der Waals surface area contributed by atoms with Crippen molar-refractivity contribution < 1.29 is 28.5 Å². The van der Waals surface area contributed by atoms with E-state index in [0.717, 1.165) is 37.7 Å². The highest BCUT2D eigenvalue weighted by molar-refractivity contribution is 5.88. The van der Waals surface area contributed by atoms with Crippen molar-refractivity contribution >= 4 is 11.9 Å². The Balaban J connectivity index is 1.81. The number of amides is 1. The first-order valence-electron chi connectivity index (χ1n) is 14.3. The molecule has 2 heterocycles. The quantitative estimate of drug-likeness (QED) is 0.394. The van der Waals surface area contributed by atoms with Crippen molar-refractivity contribution in [1.82, 2.24) is 14.9 Å². The molecule has 0 bridgehead atoms. The molecule has 2 fully saturated rings. The van der Waals surface area contributed by atoms with Crippen molar-refractivity contribution in [3.63, 3.8) is 0 Å². The van der Waals surface area contributed by atoms with Gasteiger partial charge in [0.25, 0.3) is 0 Å². The Bertz CT molecular complexity index is 1120. The first-order chi connectivity index (χ1) is 19.2. The van der Waals surface area contributed by atoms with Gasteiger partial charge in [0.15, 0.2) is 5.82 Å². The van der Waals surface area contributed by atoms with E-state index in [-0.39, 0.29) is 31.0 Å². The second-order valence-corrected chi connectivity index (χ2v) is 11.7. The van der Waals surface area contributed by atoms with Crippen LogP contribution in [0.3, 0.4) is 0 Å². The molecule has 218 valence electrons. The molecule has 1 amide bonds. The number of carbonyl (C=O) groups excluding carboxylic acids is 2. The molecule has 0 unspecified atom stereocenters. The number of esters is 1. The van der Waals surface area contributed by atoms with Crippen LogP contribution in [-0.4, -0.2) is 59.7 Å². The lowest BCUT2D eigenvalue weighted by Gasteiger charge is -2.36. The van der Waals surface area contributed by atoms with Crippen LogP contribution < -0.4 is 9.47 Å². The number of hydrogen-bond donors (Lipinski definition) is 0. The molecule has 4 rings (SSSR count). The summed E-state index contributed by atoms with van der Waals surface area (Å²) in [4.78, 5) is 38.8. The lowest BCUT2D eigenvalue weighted by Crippen LogP contribution is -2.49. The molecular formula is C31H43N3O6. The molecule has 0 spiro atoms. The zero-order valence-corrected chi connectivity index (χ0v) is 24.6. The van der Waals surface area contributed by atoms with Crippen LogP contribution in [-0.2, 0) is 25.7 Å². The van der Waals surface area contributed by atoms with E-state index in [1.807, 2.05) is 30.3 Å². The standard InChI is InChI=1S/C31H43N3O6/c1-7-39-30(36)27-25(31(2,3)4)28(40-19-22-32-23(37-5)18-24(33-22)38-6)26(20-14-10-8-11-15-20)34(27)29(35)21-16-12-9-13-17-21/h8,10-11,14-15,18,21,25-28H,7,9,12-13,16-17,19H2,1-6H3/t25-,26+,27+,28+/m0/s1. The summed E-state index contributed by atoms with van der Waals surface area (Å²) in [5, 5.41) is 0. The van der Waals surface area contributed by atoms with E-state index in [4.69, 9.17) is 18.9 Å². The molecule has 40 heavy (non-hydrogen) atoms. The Morgan fingerprint density at radius 1 is 0.975 bits per heavy atom. The van der Waals surface area contributed by atoms with Crippen molar-refractivity contribution in [2.24, 2.45) is 17.3 Å². The summed E-state index contributed by atoms with van der Waals surface area (Å²) in [6, 6.07) is 10.2. The molecule has 2 aliphatic rings. The Morgan fingerprint density at radius 2 is 1.60 bits per heavy atom. The monoisotopic (exact) mass is 553 g/mol. The highest BCUT2D eigenvalue weighted by atomic mass is 16.5. The smallest absolute Gasteiger partial charge is 0.329 e. The number of benzene rings is 1. The van der Waals surface area contributed by atoms with Gasteiger partial charge in [-0.05, 0) is 30.7 Å². The third-order valence-electron chi connectivity index (χ3n) is 8.03. The molecule has 1 saturated carbocycles. The fraction of sp³-hybridized carbons (Fsp3) is 0.613. The molecular weight excluding hydrogens is 510 g/mol. The zero-order chi connectivity index (χ0) is 28.9. The van der Waals surface area contributed by atoms with Crippen LogP contribution in [0.15, 0.2) is 36.4 Å². The molecule has 2 aromatic rings. The van der Waals surface area contributed by atoms with Crippen LogP contribution in [0.25, 0.3) is 0 Å². The van der Waals surface area contributed by atoms with Crippen molar-refractivity contribution in [2.45, 2.75) is 84.6 Å². The van der Waals surface area contributed by atoms with Crippen molar-refractivity contribution in [2.75, 3.05) is 20.8 Å². The third-order valence-corrected chi connectivity index (χ3v) is 8.03. The highest BCUT2D eigenvalue weighted by Gasteiger charge is 2.59. The predicted octanol–water partition coefficient (Wildman–Crippen LogP) is 5.14. The SMILES string of the molecule is CCOC(=O)[C@H]1[C@H](C(C)(C)C)[C@@H](OCc2nc(OC)cc(OC)n2)[C@@H](c2ccccc2)N1C(=O)C1CCCCC1. The van der Waals surface area contributed by atoms with Gasteiger partial charge in [0, 0.05) is 11.8 Å². The highest BCUT2D eigenvalue weighted by Crippen LogP contribution is 2.51. The van der Waals surface area contributed by atoms with E-state index < -0.39 is 29.6 Å². The van der Waals surface area contributed by atoms with Crippen LogP contribution in [0.1, 0.15) is 77.2 Å². The van der Waals surface area contributed by atoms with Gasteiger partial charge >= 0.3 is 5.97 Å². The van der Waals surface area contributed by atoms with Crippen molar-refractivity contribution in [3.05, 3.63) is 47.8 Å². The predicted molar refractivity (Wildman–Crippen MR) is 150 cm³/mol. The van der Waals surface area contributed by atoms with E-state index in [9.17, 15) is 9.59 Å². The van der Waals surface area contributed by atoms with Gasteiger partial charge in [0.05, 0.1) is 39.0 Å². The molecule has 1 aromatic carbocycles. The minimum atomic E-state index is -0.787. The van der Waals surface area contributed by atoms with Crippen molar-refractivity contribution in [3.8, 4) is 11.8 Å². The number of carbonyl (C=O) groups is 2. The number of aromatic nitrogens is 2. The average molecular weight is 554 g/mol. The van der Waals surface area contributed by atoms with Gasteiger partial charge in [0.1, 0.15) is 12.6 Å². The maximum Gasteiger partial charge on any atom is 0.329 e. The van der Waals surface area contributed by atoms with Crippen LogP contribution in [0.2, 0.25) is 0 Å². The number of ether oxygens (including phenoxy) is 4. The zero-order valence-electron chi connectivity index (χ0n) is 24.6. The molecule has 9 nitrogen and oxygen atoms in total. The fourth-order valence-corrected chi connectivity index (χ4v) is 6.26. The number of likely N-dealkylation sites (tertiary alicyclic amines) is 1. The average Bonchev–Trinajstić information content (AvgIpc) is 3.32. The summed E-state index contributed by atoms with van der Waals surface area (Å²) < 4.78 is 23.0. The topological polar surface area (TPSA) is 100 Å². The lowest BCUT2D eigenvalue weighted by molar-refractivity contribution is -0.158. The number of nitrogens with zero attached hydrogens (tertiary/aromatic N) is 3. The minimum absolute atomic E-state index is 0.00579. The maximum absolute atomic E-state index is 14.4. The summed E-state index contributed by atoms with van der Waals surface area (Å²) >= 11 is 0. The normalized spacial score (nSPS) is 23.6. The first-order valence-corrected chi connectivity index (χ1v) is 14.3. The number of rotatable bonds is 9. The van der Waals surface area contributed by atoms with Gasteiger partial charge in [0.2, 0.25) is 17.7 Å². The lowest BCUT2D eigenvalue weighted by atomic mass is 9.73. The Labute approximate surface area is 237 Å². The van der Waals surface area contributed by atoms with Gasteiger partial charge < -0.3 is 23.8 Å². The van der Waals surface area contributed by atoms with Crippen molar-refractivity contribution in [1.29, 1.82) is 0 Å². The summed E-state index contributed by atoms with van der Waals surface area (Å²) in [6.45, 7) is 8.33. The molecule has 9 heteroatoms. The Morgan fingerprint density at radius 3 is 2.15 bits per heavy atom. The van der Waals surface area contributed by atoms with Crippen LogP contribution in [0.5, 0.6) is 11.8 Å². The Kier molecular flexibility index (Phi) is 9.66. The molecule has 1 saturated heterocycles. The fourth-order valence-electron chi connectivity index (χ4n) is 6.26. The first kappa shape index (κ1) is 29.8. The van der Waals surface area contributed by atoms with Gasteiger partial charge in [-0.15, -0.1) is 0 Å². The molecule has 1 aliphatic carbocycles. The molecule has 0 radical (unpaired) electrons. The van der Waals surface area contributed by atoms with E-state index in [2.05, 4.69) is 30.7 Å². The van der Waals surface area contributed by atoms with Crippen LogP contribution in [0.4, 0.5) is 0 Å². The Hall–Kier alpha value is -3.20. The second kappa shape index (κ2) is 13.0. The van der Waals surface area contributed by atoms with Gasteiger partial charge in [-0.3, -0.25) is 4.79 Å². The van der Waals surface area contributed by atoms with Gasteiger partial charge in [-0.1, -0.05) is 70.4 Å². The van der Waals surface area contributed by atoms with Gasteiger partial charge in [-0.2, -0.15) is 9.97 Å². The van der Waals surface area contributed by atoms with E-state index >= 15 is 0 Å². The van der Waals surface area contributed by atoms with E-state index in [1.54, 1.807) is 17.9 Å². The van der Waals surface area contributed by atoms with E-state index in [0.29, 0.717) is 17.6 Å². The van der Waals surface area contributed by atoms with Crippen LogP contribution >= 0.6 is 0 Å². The summed E-state index contributed by atoms with van der Waals surface area (Å²) in [7, 11) is 3.06. The summed E-state index contributed by atoms with van der Waals surface area (Å²) in [5.74, 6) is 0.258. The third kappa shape index (κ3) is 6.40. The number of methoxy groups -OCH3 is 2. The summed E-state index contributed by atoms with van der Waals surface area (Å²) in [6.07, 6.45) is 4.30. The molecule has 0 N–H and O–H groups in total. The summed E-state index contributed by atoms with van der Waals surface area (Å²) in [5.41, 5.74) is 0.519. The molecule has 1 aromatic heterocycles. The largest absolute Gasteiger partial charge is 0.481 e. The van der Waals surface area contributed by atoms with E-state index in [1.165, 1.54) is 14.2 Å². The maximum atomic E-state index is 14.4. The van der Waals surface area contributed by atoms with Crippen LogP contribution in [0, 0.1) is 17.3 Å².